The number of halogens is 2. The van der Waals surface area contributed by atoms with E-state index < -0.39 is 41.2 Å². The van der Waals surface area contributed by atoms with Crippen molar-refractivity contribution in [2.24, 2.45) is 5.92 Å². The van der Waals surface area contributed by atoms with Crippen LogP contribution < -0.4 is 0 Å². The Morgan fingerprint density at radius 1 is 1.14 bits per heavy atom. The number of benzene rings is 1. The number of esters is 2. The van der Waals surface area contributed by atoms with Crippen LogP contribution in [0.25, 0.3) is 0 Å². The van der Waals surface area contributed by atoms with Crippen molar-refractivity contribution in [1.82, 2.24) is 0 Å². The molecule has 0 radical (unpaired) electrons. The number of hydrogen-bond donors (Lipinski definition) is 1. The molecule has 0 aromatic heterocycles. The summed E-state index contributed by atoms with van der Waals surface area (Å²) in [7, 11) is 0. The first-order valence-corrected chi connectivity index (χ1v) is 6.39. The van der Waals surface area contributed by atoms with Crippen LogP contribution >= 0.6 is 0 Å². The summed E-state index contributed by atoms with van der Waals surface area (Å²) >= 11 is 0. The summed E-state index contributed by atoms with van der Waals surface area (Å²) in [6, 6.07) is 3.09. The van der Waals surface area contributed by atoms with E-state index in [1.165, 1.54) is 13.8 Å². The van der Waals surface area contributed by atoms with Crippen molar-refractivity contribution in [2.75, 3.05) is 13.2 Å². The zero-order valence-electron chi connectivity index (χ0n) is 11.6. The quantitative estimate of drug-likeness (QED) is 0.640. The van der Waals surface area contributed by atoms with E-state index in [9.17, 15) is 23.5 Å². The summed E-state index contributed by atoms with van der Waals surface area (Å²) in [5.41, 5.74) is -0.513. The van der Waals surface area contributed by atoms with Crippen LogP contribution in [0, 0.1) is 17.6 Å². The third-order valence-corrected chi connectivity index (χ3v) is 2.70. The number of carbonyl (C=O) groups is 2. The summed E-state index contributed by atoms with van der Waals surface area (Å²) in [5.74, 6) is -6.43. The van der Waals surface area contributed by atoms with Crippen LogP contribution in [0.2, 0.25) is 0 Å². The molecule has 1 atom stereocenters. The Morgan fingerprint density at radius 2 is 1.67 bits per heavy atom. The highest BCUT2D eigenvalue weighted by Gasteiger charge is 2.39. The van der Waals surface area contributed by atoms with Gasteiger partial charge in [-0.3, -0.25) is 9.59 Å². The molecule has 0 fully saturated rings. The fraction of sp³-hybridized carbons (Fsp3) is 0.429. The first-order valence-electron chi connectivity index (χ1n) is 6.39. The molecular weight excluding hydrogens is 286 g/mol. The van der Waals surface area contributed by atoms with Gasteiger partial charge in [0, 0.05) is 5.56 Å². The Labute approximate surface area is 120 Å². The van der Waals surface area contributed by atoms with Crippen LogP contribution in [0.5, 0.6) is 0 Å². The molecule has 0 spiro atoms. The van der Waals surface area contributed by atoms with Crippen LogP contribution in [0.1, 0.15) is 25.5 Å². The average Bonchev–Trinajstić information content (AvgIpc) is 2.42. The van der Waals surface area contributed by atoms with E-state index >= 15 is 0 Å². The number of aliphatic hydroxyl groups excluding tert-OH is 1. The molecule has 1 aromatic rings. The van der Waals surface area contributed by atoms with Crippen LogP contribution in [-0.2, 0) is 19.1 Å². The predicted octanol–water partition coefficient (Wildman–Crippen LogP) is 1.74. The van der Waals surface area contributed by atoms with Gasteiger partial charge in [0.15, 0.2) is 17.6 Å². The van der Waals surface area contributed by atoms with E-state index in [-0.39, 0.29) is 13.2 Å². The van der Waals surface area contributed by atoms with Gasteiger partial charge >= 0.3 is 11.9 Å². The van der Waals surface area contributed by atoms with Gasteiger partial charge in [-0.05, 0) is 19.9 Å². The molecule has 0 amide bonds. The fourth-order valence-corrected chi connectivity index (χ4v) is 1.75. The van der Waals surface area contributed by atoms with E-state index in [0.29, 0.717) is 0 Å². The summed E-state index contributed by atoms with van der Waals surface area (Å²) in [4.78, 5) is 23.5. The zero-order valence-corrected chi connectivity index (χ0v) is 11.6. The molecular formula is C14H16F2O5. The maximum Gasteiger partial charge on any atom is 0.323 e. The highest BCUT2D eigenvalue weighted by Crippen LogP contribution is 2.27. The molecule has 116 valence electrons. The molecule has 0 saturated heterocycles. The Balaban J connectivity index is 3.15. The van der Waals surface area contributed by atoms with Crippen molar-refractivity contribution in [3.63, 3.8) is 0 Å². The summed E-state index contributed by atoms with van der Waals surface area (Å²) in [5, 5.41) is 10.1. The van der Waals surface area contributed by atoms with E-state index in [2.05, 4.69) is 9.47 Å². The third kappa shape index (κ3) is 3.98. The molecule has 1 aromatic carbocycles. The van der Waals surface area contributed by atoms with Crippen molar-refractivity contribution < 1.29 is 33.0 Å². The van der Waals surface area contributed by atoms with E-state index in [1.54, 1.807) is 0 Å². The van der Waals surface area contributed by atoms with Gasteiger partial charge in [0.1, 0.15) is 6.10 Å². The number of aliphatic hydroxyl groups is 1. The largest absolute Gasteiger partial charge is 0.465 e. The number of hydrogen-bond acceptors (Lipinski definition) is 5. The van der Waals surface area contributed by atoms with Crippen molar-refractivity contribution in [1.29, 1.82) is 0 Å². The first-order chi connectivity index (χ1) is 9.93. The standard InChI is InChI=1S/C14H16F2O5/c1-3-20-13(18)10(14(19)21-4-2)12(17)8-6-5-7-9(15)11(8)16/h5-7,10,12,17H,3-4H2,1-2H3. The summed E-state index contributed by atoms with van der Waals surface area (Å²) in [6.07, 6.45) is -1.90. The molecule has 5 nitrogen and oxygen atoms in total. The lowest BCUT2D eigenvalue weighted by molar-refractivity contribution is -0.167. The summed E-state index contributed by atoms with van der Waals surface area (Å²) < 4.78 is 36.2. The number of rotatable bonds is 6. The summed E-state index contributed by atoms with van der Waals surface area (Å²) in [6.45, 7) is 2.95. The lowest BCUT2D eigenvalue weighted by Crippen LogP contribution is -2.34. The molecule has 0 aliphatic heterocycles. The Morgan fingerprint density at radius 3 is 2.14 bits per heavy atom. The second-order valence-electron chi connectivity index (χ2n) is 4.07. The highest BCUT2D eigenvalue weighted by atomic mass is 19.2. The van der Waals surface area contributed by atoms with Gasteiger partial charge in [-0.2, -0.15) is 0 Å². The Kier molecular flexibility index (Phi) is 6.23. The lowest BCUT2D eigenvalue weighted by Gasteiger charge is -2.20. The number of ether oxygens (including phenoxy) is 2. The molecule has 1 unspecified atom stereocenters. The molecule has 21 heavy (non-hydrogen) atoms. The third-order valence-electron chi connectivity index (χ3n) is 2.70. The molecule has 1 N–H and O–H groups in total. The normalized spacial score (nSPS) is 12.1. The molecule has 0 aliphatic rings. The fourth-order valence-electron chi connectivity index (χ4n) is 1.75. The van der Waals surface area contributed by atoms with Gasteiger partial charge in [-0.1, -0.05) is 12.1 Å². The van der Waals surface area contributed by atoms with Crippen molar-refractivity contribution in [2.45, 2.75) is 20.0 Å². The van der Waals surface area contributed by atoms with Crippen molar-refractivity contribution in [3.8, 4) is 0 Å². The molecule has 0 heterocycles. The van der Waals surface area contributed by atoms with E-state index in [4.69, 9.17) is 0 Å². The first kappa shape index (κ1) is 17.0. The van der Waals surface area contributed by atoms with Crippen molar-refractivity contribution in [3.05, 3.63) is 35.4 Å². The monoisotopic (exact) mass is 302 g/mol. The molecule has 0 aliphatic carbocycles. The predicted molar refractivity (Wildman–Crippen MR) is 68.1 cm³/mol. The van der Waals surface area contributed by atoms with Crippen LogP contribution in [0.3, 0.4) is 0 Å². The minimum Gasteiger partial charge on any atom is -0.465 e. The van der Waals surface area contributed by atoms with Gasteiger partial charge in [-0.15, -0.1) is 0 Å². The van der Waals surface area contributed by atoms with Gasteiger partial charge < -0.3 is 14.6 Å². The number of carbonyl (C=O) groups excluding carboxylic acids is 2. The minimum absolute atomic E-state index is 0.0346. The Bertz CT molecular complexity index is 500. The smallest absolute Gasteiger partial charge is 0.323 e. The second-order valence-corrected chi connectivity index (χ2v) is 4.07. The van der Waals surface area contributed by atoms with Crippen LogP contribution in [0.4, 0.5) is 8.78 Å². The maximum absolute atomic E-state index is 13.7. The zero-order chi connectivity index (χ0) is 16.0. The molecule has 0 bridgehead atoms. The second kappa shape index (κ2) is 7.68. The van der Waals surface area contributed by atoms with Gasteiger partial charge in [-0.25, -0.2) is 8.78 Å². The van der Waals surface area contributed by atoms with Crippen LogP contribution in [0.15, 0.2) is 18.2 Å². The molecule has 1 rings (SSSR count). The highest BCUT2D eigenvalue weighted by molar-refractivity contribution is 5.95. The minimum atomic E-state index is -1.90. The molecule has 0 saturated carbocycles. The lowest BCUT2D eigenvalue weighted by atomic mass is 9.95. The SMILES string of the molecule is CCOC(=O)C(C(=O)OCC)C(O)c1cccc(F)c1F. The molecule has 7 heteroatoms. The van der Waals surface area contributed by atoms with E-state index in [0.717, 1.165) is 18.2 Å². The van der Waals surface area contributed by atoms with Gasteiger partial charge in [0.2, 0.25) is 0 Å². The maximum atomic E-state index is 13.7. The van der Waals surface area contributed by atoms with Crippen LogP contribution in [-0.4, -0.2) is 30.3 Å². The van der Waals surface area contributed by atoms with Gasteiger partial charge in [0.25, 0.3) is 0 Å². The topological polar surface area (TPSA) is 72.8 Å². The van der Waals surface area contributed by atoms with Crippen molar-refractivity contribution >= 4 is 11.9 Å². The average molecular weight is 302 g/mol. The Hall–Kier alpha value is -2.02. The van der Waals surface area contributed by atoms with Gasteiger partial charge in [0.05, 0.1) is 13.2 Å². The van der Waals surface area contributed by atoms with E-state index in [1.807, 2.05) is 0 Å².